The van der Waals surface area contributed by atoms with Gasteiger partial charge in [-0.2, -0.15) is 0 Å². The first kappa shape index (κ1) is 16.6. The Morgan fingerprint density at radius 1 is 1.20 bits per heavy atom. The van der Waals surface area contributed by atoms with Crippen LogP contribution in [-0.4, -0.2) is 54.4 Å². The van der Waals surface area contributed by atoms with E-state index in [-0.39, 0.29) is 6.61 Å². The van der Waals surface area contributed by atoms with Crippen molar-refractivity contribution in [2.45, 2.75) is 51.5 Å². The third kappa shape index (κ3) is 4.29. The van der Waals surface area contributed by atoms with Crippen LogP contribution >= 0.6 is 0 Å². The zero-order valence-electron chi connectivity index (χ0n) is 11.8. The molecule has 1 saturated heterocycles. The first-order chi connectivity index (χ1) is 9.36. The minimum absolute atomic E-state index is 0.152. The number of ether oxygens (including phenoxy) is 4. The van der Waals surface area contributed by atoms with Crippen LogP contribution in [0.1, 0.15) is 20.8 Å². The summed E-state index contributed by atoms with van der Waals surface area (Å²) in [5.41, 5.74) is 0. The van der Waals surface area contributed by atoms with Crippen LogP contribution in [-0.2, 0) is 28.5 Å². The molecule has 0 aliphatic carbocycles. The first-order valence-corrected chi connectivity index (χ1v) is 6.27. The summed E-state index contributed by atoms with van der Waals surface area (Å²) in [6, 6.07) is 0. The molecule has 0 saturated carbocycles. The third-order valence-corrected chi connectivity index (χ3v) is 2.76. The van der Waals surface area contributed by atoms with Crippen molar-refractivity contribution in [3.63, 3.8) is 0 Å². The summed E-state index contributed by atoms with van der Waals surface area (Å²) in [6.45, 7) is 7.76. The number of hydrogen-bond acceptors (Lipinski definition) is 7. The van der Waals surface area contributed by atoms with Crippen molar-refractivity contribution in [1.29, 1.82) is 0 Å². The van der Waals surface area contributed by atoms with Crippen molar-refractivity contribution in [2.24, 2.45) is 0 Å². The topological polar surface area (TPSA) is 91.3 Å². The lowest BCUT2D eigenvalue weighted by atomic mass is 9.99. The molecule has 114 valence electrons. The van der Waals surface area contributed by atoms with Gasteiger partial charge in [0.2, 0.25) is 0 Å². The van der Waals surface area contributed by atoms with Gasteiger partial charge >= 0.3 is 11.9 Å². The average Bonchev–Trinajstić information content (AvgIpc) is 2.33. The van der Waals surface area contributed by atoms with Crippen molar-refractivity contribution in [1.82, 2.24) is 0 Å². The fourth-order valence-corrected chi connectivity index (χ4v) is 2.03. The van der Waals surface area contributed by atoms with Gasteiger partial charge in [0, 0.05) is 13.8 Å². The second-order valence-electron chi connectivity index (χ2n) is 4.47. The smallest absolute Gasteiger partial charge is 0.303 e. The number of carbonyl (C=O) groups is 2. The Morgan fingerprint density at radius 2 is 1.75 bits per heavy atom. The van der Waals surface area contributed by atoms with Gasteiger partial charge in [0.15, 0.2) is 18.5 Å². The molecule has 7 heteroatoms. The second-order valence-corrected chi connectivity index (χ2v) is 4.47. The molecular formula is C13H20O7. The molecule has 1 aliphatic heterocycles. The Morgan fingerprint density at radius 3 is 2.25 bits per heavy atom. The summed E-state index contributed by atoms with van der Waals surface area (Å²) in [5, 5.41) is 9.86. The van der Waals surface area contributed by atoms with Crippen molar-refractivity contribution >= 4 is 11.9 Å². The van der Waals surface area contributed by atoms with E-state index in [0.717, 1.165) is 0 Å². The van der Waals surface area contributed by atoms with Gasteiger partial charge in [-0.05, 0) is 6.92 Å². The number of carbonyl (C=O) groups excluding carboxylic acids is 2. The van der Waals surface area contributed by atoms with Crippen molar-refractivity contribution in [2.75, 3.05) is 6.61 Å². The van der Waals surface area contributed by atoms with E-state index in [1.807, 2.05) is 0 Å². The molecule has 1 heterocycles. The molecule has 5 atom stereocenters. The standard InChI is InChI=1S/C13H20O7/c1-5-6-17-11-10(19-8(3)14)7(2)18-13(16)12(11)20-9(4)15/h5,7,10-13,16H,1,6H2,2-4H3/t7-,10+,11+,12-,13+/m0/s1. The van der Waals surface area contributed by atoms with Crippen LogP contribution in [0.5, 0.6) is 0 Å². The Labute approximate surface area is 117 Å². The monoisotopic (exact) mass is 288 g/mol. The molecule has 0 unspecified atom stereocenters. The van der Waals surface area contributed by atoms with Crippen LogP contribution in [0.25, 0.3) is 0 Å². The van der Waals surface area contributed by atoms with E-state index in [0.29, 0.717) is 0 Å². The van der Waals surface area contributed by atoms with Crippen LogP contribution < -0.4 is 0 Å². The maximum absolute atomic E-state index is 11.2. The molecule has 0 aromatic heterocycles. The van der Waals surface area contributed by atoms with Gasteiger partial charge in [-0.25, -0.2) is 0 Å². The van der Waals surface area contributed by atoms with E-state index in [1.165, 1.54) is 19.9 Å². The molecule has 0 spiro atoms. The number of esters is 2. The first-order valence-electron chi connectivity index (χ1n) is 6.27. The van der Waals surface area contributed by atoms with E-state index in [2.05, 4.69) is 6.58 Å². The largest absolute Gasteiger partial charge is 0.457 e. The number of aliphatic hydroxyl groups is 1. The fourth-order valence-electron chi connectivity index (χ4n) is 2.03. The van der Waals surface area contributed by atoms with Gasteiger partial charge in [0.1, 0.15) is 6.10 Å². The van der Waals surface area contributed by atoms with E-state index in [9.17, 15) is 14.7 Å². The summed E-state index contributed by atoms with van der Waals surface area (Å²) in [7, 11) is 0. The normalized spacial score (nSPS) is 33.3. The molecule has 1 N–H and O–H groups in total. The van der Waals surface area contributed by atoms with Gasteiger partial charge < -0.3 is 24.1 Å². The maximum Gasteiger partial charge on any atom is 0.303 e. The molecule has 1 aliphatic rings. The lowest BCUT2D eigenvalue weighted by Gasteiger charge is -2.42. The van der Waals surface area contributed by atoms with Crippen molar-refractivity contribution in [3.05, 3.63) is 12.7 Å². The van der Waals surface area contributed by atoms with Crippen molar-refractivity contribution < 1.29 is 33.6 Å². The van der Waals surface area contributed by atoms with Gasteiger partial charge in [-0.3, -0.25) is 9.59 Å². The second kappa shape index (κ2) is 7.37. The minimum Gasteiger partial charge on any atom is -0.457 e. The average molecular weight is 288 g/mol. The molecule has 1 rings (SSSR count). The number of rotatable bonds is 5. The maximum atomic E-state index is 11.2. The summed E-state index contributed by atoms with van der Waals surface area (Å²) >= 11 is 0. The number of aliphatic hydroxyl groups excluding tert-OH is 1. The Bertz CT molecular complexity index is 340. The zero-order valence-corrected chi connectivity index (χ0v) is 11.8. The molecule has 7 nitrogen and oxygen atoms in total. The van der Waals surface area contributed by atoms with E-state index in [4.69, 9.17) is 18.9 Å². The van der Waals surface area contributed by atoms with E-state index in [1.54, 1.807) is 6.92 Å². The lowest BCUT2D eigenvalue weighted by Crippen LogP contribution is -2.60. The molecule has 0 bridgehead atoms. The van der Waals surface area contributed by atoms with Crippen molar-refractivity contribution in [3.8, 4) is 0 Å². The SMILES string of the molecule is C=CCO[C@@H]1[C@H](OC(C)=O)[C@H](C)O[C@@H](O)[C@H]1OC(C)=O. The molecule has 0 radical (unpaired) electrons. The van der Waals surface area contributed by atoms with Crippen LogP contribution in [0.3, 0.4) is 0 Å². The molecule has 0 aromatic carbocycles. The Hall–Kier alpha value is -1.44. The number of hydrogen-bond donors (Lipinski definition) is 1. The molecule has 20 heavy (non-hydrogen) atoms. The van der Waals surface area contributed by atoms with Gasteiger partial charge in [0.25, 0.3) is 0 Å². The van der Waals surface area contributed by atoms with Crippen LogP contribution in [0.2, 0.25) is 0 Å². The molecular weight excluding hydrogens is 268 g/mol. The molecule has 0 aromatic rings. The highest BCUT2D eigenvalue weighted by Crippen LogP contribution is 2.27. The summed E-state index contributed by atoms with van der Waals surface area (Å²) in [4.78, 5) is 22.3. The quantitative estimate of drug-likeness (QED) is 0.569. The highest BCUT2D eigenvalue weighted by atomic mass is 16.7. The molecule has 1 fully saturated rings. The lowest BCUT2D eigenvalue weighted by molar-refractivity contribution is -0.291. The Kier molecular flexibility index (Phi) is 6.12. The highest BCUT2D eigenvalue weighted by molar-refractivity contribution is 5.67. The van der Waals surface area contributed by atoms with Crippen LogP contribution in [0.4, 0.5) is 0 Å². The predicted molar refractivity (Wildman–Crippen MR) is 67.6 cm³/mol. The van der Waals surface area contributed by atoms with Gasteiger partial charge in [-0.15, -0.1) is 6.58 Å². The van der Waals surface area contributed by atoms with Crippen LogP contribution in [0.15, 0.2) is 12.7 Å². The minimum atomic E-state index is -1.35. The summed E-state index contributed by atoms with van der Waals surface area (Å²) in [5.74, 6) is -1.11. The molecule has 0 amide bonds. The van der Waals surface area contributed by atoms with E-state index >= 15 is 0 Å². The Balaban J connectivity index is 2.95. The zero-order chi connectivity index (χ0) is 15.3. The predicted octanol–water partition coefficient (Wildman–Crippen LogP) is 0.158. The van der Waals surface area contributed by atoms with Gasteiger partial charge in [0.05, 0.1) is 12.7 Å². The van der Waals surface area contributed by atoms with Gasteiger partial charge in [-0.1, -0.05) is 6.08 Å². The van der Waals surface area contributed by atoms with Crippen LogP contribution in [0, 0.1) is 0 Å². The fraction of sp³-hybridized carbons (Fsp3) is 0.692. The summed E-state index contributed by atoms with van der Waals surface area (Å²) in [6.07, 6.45) is -3.15. The highest BCUT2D eigenvalue weighted by Gasteiger charge is 2.48. The van der Waals surface area contributed by atoms with E-state index < -0.39 is 42.6 Å². The summed E-state index contributed by atoms with van der Waals surface area (Å²) < 4.78 is 20.9. The third-order valence-electron chi connectivity index (χ3n) is 2.76.